The number of ketones is 1. The first kappa shape index (κ1) is 30.6. The summed E-state index contributed by atoms with van der Waals surface area (Å²) in [5.74, 6) is -1.69. The van der Waals surface area contributed by atoms with Crippen molar-refractivity contribution in [2.24, 2.45) is 5.92 Å². The molecule has 8 heteroatoms. The van der Waals surface area contributed by atoms with E-state index in [0.29, 0.717) is 0 Å². The second-order valence-corrected chi connectivity index (χ2v) is 16.4. The number of esters is 1. The molecule has 1 saturated heterocycles. The molecule has 0 aromatic heterocycles. The molecule has 2 aromatic carbocycles. The highest BCUT2D eigenvalue weighted by molar-refractivity contribution is 6.99. The molecule has 1 aliphatic rings. The summed E-state index contributed by atoms with van der Waals surface area (Å²) in [7, 11) is -2.92. The monoisotopic (exact) mass is 553 g/mol. The van der Waals surface area contributed by atoms with Crippen molar-refractivity contribution in [3.05, 3.63) is 60.7 Å². The average molecular weight is 554 g/mol. The fourth-order valence-corrected chi connectivity index (χ4v) is 9.88. The summed E-state index contributed by atoms with van der Waals surface area (Å²) in [4.78, 5) is 40.9. The van der Waals surface area contributed by atoms with E-state index >= 15 is 0 Å². The smallest absolute Gasteiger partial charge is 0.410 e. The van der Waals surface area contributed by atoms with Crippen molar-refractivity contribution in [2.45, 2.75) is 78.0 Å². The van der Waals surface area contributed by atoms with Crippen LogP contribution in [0.4, 0.5) is 4.79 Å². The minimum atomic E-state index is -2.92. The summed E-state index contributed by atoms with van der Waals surface area (Å²) in [5.41, 5.74) is -0.711. The standard InChI is InChI=1S/C31H43NO6Si/c1-8-36-28(34)26-19-20-32(29(35)38-30(2,3)4)23(21-27(26)33)22-37-39(31(5,6)7,24-15-11-9-12-16-24)25-17-13-10-14-18-25/h9-18,23,26H,8,19-22H2,1-7H3/t23-,26?/m0/s1. The molecular formula is C31H43NO6Si. The summed E-state index contributed by atoms with van der Waals surface area (Å²) >= 11 is 0. The summed E-state index contributed by atoms with van der Waals surface area (Å²) in [6.45, 7) is 14.2. The fourth-order valence-electron chi connectivity index (χ4n) is 5.28. The third-order valence-corrected chi connectivity index (χ3v) is 12.0. The van der Waals surface area contributed by atoms with Gasteiger partial charge < -0.3 is 18.8 Å². The number of nitrogens with zero attached hydrogens (tertiary/aromatic N) is 1. The van der Waals surface area contributed by atoms with Crippen molar-refractivity contribution in [3.63, 3.8) is 0 Å². The van der Waals surface area contributed by atoms with Crippen LogP contribution in [-0.4, -0.2) is 62.5 Å². The molecule has 2 aromatic rings. The quantitative estimate of drug-likeness (QED) is 0.281. The first-order chi connectivity index (χ1) is 18.3. The van der Waals surface area contributed by atoms with Gasteiger partial charge in [-0.1, -0.05) is 81.4 Å². The Morgan fingerprint density at radius 2 is 1.46 bits per heavy atom. The van der Waals surface area contributed by atoms with Crippen molar-refractivity contribution >= 4 is 36.5 Å². The Bertz CT molecular complexity index is 1080. The number of hydrogen-bond donors (Lipinski definition) is 0. The van der Waals surface area contributed by atoms with Crippen LogP contribution in [0.3, 0.4) is 0 Å². The predicted molar refractivity (Wildman–Crippen MR) is 155 cm³/mol. The van der Waals surface area contributed by atoms with Crippen molar-refractivity contribution in [1.29, 1.82) is 0 Å². The average Bonchev–Trinajstić information content (AvgIpc) is 3.02. The predicted octanol–water partition coefficient (Wildman–Crippen LogP) is 4.71. The minimum Gasteiger partial charge on any atom is -0.465 e. The van der Waals surface area contributed by atoms with Crippen LogP contribution in [0.5, 0.6) is 0 Å². The van der Waals surface area contributed by atoms with Gasteiger partial charge in [0.1, 0.15) is 17.3 Å². The van der Waals surface area contributed by atoms with Crippen LogP contribution in [0.15, 0.2) is 60.7 Å². The molecule has 7 nitrogen and oxygen atoms in total. The minimum absolute atomic E-state index is 0.0130. The molecule has 2 atom stereocenters. The molecule has 39 heavy (non-hydrogen) atoms. The van der Waals surface area contributed by atoms with Crippen LogP contribution in [0.1, 0.15) is 61.3 Å². The van der Waals surface area contributed by atoms with E-state index in [2.05, 4.69) is 45.0 Å². The molecule has 1 aliphatic heterocycles. The molecule has 0 N–H and O–H groups in total. The highest BCUT2D eigenvalue weighted by Gasteiger charge is 2.51. The number of carbonyl (C=O) groups excluding carboxylic acids is 3. The second kappa shape index (κ2) is 12.5. The molecule has 1 fully saturated rings. The van der Waals surface area contributed by atoms with E-state index in [1.54, 1.807) is 11.8 Å². The third-order valence-electron chi connectivity index (χ3n) is 7.03. The third kappa shape index (κ3) is 7.16. The number of likely N-dealkylation sites (tertiary alicyclic amines) is 1. The summed E-state index contributed by atoms with van der Waals surface area (Å²) < 4.78 is 18.0. The Morgan fingerprint density at radius 3 is 1.92 bits per heavy atom. The first-order valence-electron chi connectivity index (χ1n) is 13.7. The number of Topliss-reactive ketones (excluding diaryl/α,β-unsaturated/α-hetero) is 1. The molecule has 0 aliphatic carbocycles. The maximum absolute atomic E-state index is 13.4. The van der Waals surface area contributed by atoms with Gasteiger partial charge in [-0.05, 0) is 49.5 Å². The molecule has 1 unspecified atom stereocenters. The van der Waals surface area contributed by atoms with E-state index < -0.39 is 37.9 Å². The van der Waals surface area contributed by atoms with E-state index in [-0.39, 0.29) is 43.4 Å². The van der Waals surface area contributed by atoms with Crippen LogP contribution in [0.2, 0.25) is 5.04 Å². The van der Waals surface area contributed by atoms with Crippen molar-refractivity contribution in [2.75, 3.05) is 19.8 Å². The number of rotatable bonds is 7. The zero-order valence-electron chi connectivity index (χ0n) is 24.4. The zero-order valence-corrected chi connectivity index (χ0v) is 25.4. The van der Waals surface area contributed by atoms with Gasteiger partial charge in [-0.2, -0.15) is 0 Å². The van der Waals surface area contributed by atoms with Gasteiger partial charge in [-0.3, -0.25) is 9.59 Å². The maximum Gasteiger partial charge on any atom is 0.410 e. The van der Waals surface area contributed by atoms with Gasteiger partial charge in [-0.15, -0.1) is 0 Å². The number of carbonyl (C=O) groups is 3. The van der Waals surface area contributed by atoms with Crippen molar-refractivity contribution < 1.29 is 28.3 Å². The van der Waals surface area contributed by atoms with Gasteiger partial charge in [0.25, 0.3) is 8.32 Å². The molecule has 1 amide bonds. The first-order valence-corrected chi connectivity index (χ1v) is 15.6. The number of benzene rings is 2. The van der Waals surface area contributed by atoms with Gasteiger partial charge in [0, 0.05) is 13.0 Å². The van der Waals surface area contributed by atoms with Crippen LogP contribution < -0.4 is 10.4 Å². The molecule has 3 rings (SSSR count). The normalized spacial score (nSPS) is 18.8. The molecule has 0 radical (unpaired) electrons. The highest BCUT2D eigenvalue weighted by Crippen LogP contribution is 2.37. The van der Waals surface area contributed by atoms with E-state index in [1.165, 1.54) is 0 Å². The van der Waals surface area contributed by atoms with Gasteiger partial charge in [0.2, 0.25) is 0 Å². The van der Waals surface area contributed by atoms with E-state index in [9.17, 15) is 14.4 Å². The number of amides is 1. The largest absolute Gasteiger partial charge is 0.465 e. The Morgan fingerprint density at radius 1 is 0.923 bits per heavy atom. The molecule has 0 bridgehead atoms. The second-order valence-electron chi connectivity index (χ2n) is 12.1. The highest BCUT2D eigenvalue weighted by atomic mass is 28.4. The van der Waals surface area contributed by atoms with Gasteiger partial charge in [0.05, 0.1) is 19.3 Å². The summed E-state index contributed by atoms with van der Waals surface area (Å²) in [5, 5.41) is 1.95. The topological polar surface area (TPSA) is 82.1 Å². The fraction of sp³-hybridized carbons (Fsp3) is 0.516. The van der Waals surface area contributed by atoms with Crippen LogP contribution in [-0.2, 0) is 23.5 Å². The lowest BCUT2D eigenvalue weighted by molar-refractivity contribution is -0.151. The summed E-state index contributed by atoms with van der Waals surface area (Å²) in [6.07, 6.45) is -0.344. The van der Waals surface area contributed by atoms with Gasteiger partial charge >= 0.3 is 12.1 Å². The zero-order chi connectivity index (χ0) is 28.8. The van der Waals surface area contributed by atoms with Crippen LogP contribution in [0, 0.1) is 5.92 Å². The van der Waals surface area contributed by atoms with Gasteiger partial charge in [0.15, 0.2) is 0 Å². The van der Waals surface area contributed by atoms with Crippen LogP contribution >= 0.6 is 0 Å². The molecule has 1 heterocycles. The van der Waals surface area contributed by atoms with E-state index in [4.69, 9.17) is 13.9 Å². The molecule has 0 saturated carbocycles. The molecule has 212 valence electrons. The Kier molecular flexibility index (Phi) is 9.77. The van der Waals surface area contributed by atoms with E-state index in [0.717, 1.165) is 10.4 Å². The maximum atomic E-state index is 13.4. The SMILES string of the molecule is CCOC(=O)C1CCN(C(=O)OC(C)(C)C)[C@H](CO[Si](c2ccccc2)(c2ccccc2)C(C)(C)C)CC1=O. The lowest BCUT2D eigenvalue weighted by Gasteiger charge is -2.44. The number of ether oxygens (including phenoxy) is 2. The Hall–Kier alpha value is -2.97. The molecular weight excluding hydrogens is 510 g/mol. The number of hydrogen-bond acceptors (Lipinski definition) is 6. The summed E-state index contributed by atoms with van der Waals surface area (Å²) in [6, 6.07) is 19.9. The lowest BCUT2D eigenvalue weighted by atomic mass is 9.98. The van der Waals surface area contributed by atoms with E-state index in [1.807, 2.05) is 57.2 Å². The lowest BCUT2D eigenvalue weighted by Crippen LogP contribution is -2.67. The Labute approximate surface area is 234 Å². The van der Waals surface area contributed by atoms with Crippen LogP contribution in [0.25, 0.3) is 0 Å². The molecule has 0 spiro atoms. The van der Waals surface area contributed by atoms with Crippen molar-refractivity contribution in [1.82, 2.24) is 4.90 Å². The Balaban J connectivity index is 2.04. The van der Waals surface area contributed by atoms with Crippen molar-refractivity contribution in [3.8, 4) is 0 Å². The van der Waals surface area contributed by atoms with Gasteiger partial charge in [-0.25, -0.2) is 4.79 Å².